The zero-order valence-electron chi connectivity index (χ0n) is 17.1. The summed E-state index contributed by atoms with van der Waals surface area (Å²) in [4.78, 5) is 13.0. The SMILES string of the molecule is CC1(C(=O)N[C@H](CCc2ccccc2)c2nnc3ccc(C(F)(F)F)cn23)CCCN1. The molecule has 31 heavy (non-hydrogen) atoms. The van der Waals surface area contributed by atoms with E-state index in [-0.39, 0.29) is 11.7 Å². The second-order valence-electron chi connectivity index (χ2n) is 8.11. The summed E-state index contributed by atoms with van der Waals surface area (Å²) < 4.78 is 41.1. The lowest BCUT2D eigenvalue weighted by Crippen LogP contribution is -2.52. The molecule has 0 spiro atoms. The molecule has 1 fully saturated rings. The van der Waals surface area contributed by atoms with Crippen molar-refractivity contribution < 1.29 is 18.0 Å². The van der Waals surface area contributed by atoms with E-state index < -0.39 is 23.3 Å². The minimum atomic E-state index is -4.49. The van der Waals surface area contributed by atoms with Gasteiger partial charge in [0.2, 0.25) is 5.91 Å². The fourth-order valence-corrected chi connectivity index (χ4v) is 3.94. The Morgan fingerprint density at radius 2 is 2.00 bits per heavy atom. The number of amides is 1. The van der Waals surface area contributed by atoms with Crippen molar-refractivity contribution in [3.8, 4) is 0 Å². The molecule has 1 aliphatic rings. The number of carbonyl (C=O) groups is 1. The molecule has 0 saturated carbocycles. The molecule has 9 heteroatoms. The van der Waals surface area contributed by atoms with Crippen molar-refractivity contribution in [2.75, 3.05) is 6.54 Å². The minimum Gasteiger partial charge on any atom is -0.344 e. The second kappa shape index (κ2) is 8.30. The Morgan fingerprint density at radius 3 is 2.68 bits per heavy atom. The van der Waals surface area contributed by atoms with Gasteiger partial charge in [-0.1, -0.05) is 30.3 Å². The summed E-state index contributed by atoms with van der Waals surface area (Å²) in [6.07, 6.45) is -0.807. The topological polar surface area (TPSA) is 71.3 Å². The number of pyridine rings is 1. The molecule has 1 aliphatic heterocycles. The molecular formula is C22H24F3N5O. The fraction of sp³-hybridized carbons (Fsp3) is 0.409. The highest BCUT2D eigenvalue weighted by atomic mass is 19.4. The number of carbonyl (C=O) groups excluding carboxylic acids is 1. The minimum absolute atomic E-state index is 0.188. The van der Waals surface area contributed by atoms with Gasteiger partial charge < -0.3 is 10.6 Å². The molecule has 1 unspecified atom stereocenters. The molecule has 0 bridgehead atoms. The Kier molecular flexibility index (Phi) is 5.70. The Labute approximate surface area is 177 Å². The predicted molar refractivity (Wildman–Crippen MR) is 109 cm³/mol. The van der Waals surface area contributed by atoms with Crippen LogP contribution in [0.25, 0.3) is 5.65 Å². The monoisotopic (exact) mass is 431 g/mol. The average Bonchev–Trinajstić information content (AvgIpc) is 3.38. The lowest BCUT2D eigenvalue weighted by atomic mass is 9.97. The largest absolute Gasteiger partial charge is 0.417 e. The molecule has 0 radical (unpaired) electrons. The van der Waals surface area contributed by atoms with E-state index >= 15 is 0 Å². The van der Waals surface area contributed by atoms with Crippen LogP contribution < -0.4 is 10.6 Å². The van der Waals surface area contributed by atoms with E-state index in [4.69, 9.17) is 0 Å². The normalized spacial score (nSPS) is 20.1. The highest BCUT2D eigenvalue weighted by molar-refractivity contribution is 5.86. The van der Waals surface area contributed by atoms with Gasteiger partial charge in [0.25, 0.3) is 0 Å². The number of fused-ring (bicyclic) bond motifs is 1. The number of nitrogens with zero attached hydrogens (tertiary/aromatic N) is 3. The van der Waals surface area contributed by atoms with Gasteiger partial charge >= 0.3 is 6.18 Å². The Hall–Kier alpha value is -2.94. The Morgan fingerprint density at radius 1 is 1.23 bits per heavy atom. The first-order valence-electron chi connectivity index (χ1n) is 10.3. The summed E-state index contributed by atoms with van der Waals surface area (Å²) in [7, 11) is 0. The number of nitrogens with one attached hydrogen (secondary N) is 2. The van der Waals surface area contributed by atoms with Gasteiger partial charge in [-0.05, 0) is 56.8 Å². The summed E-state index contributed by atoms with van der Waals surface area (Å²) in [6.45, 7) is 2.59. The van der Waals surface area contributed by atoms with Gasteiger partial charge in [-0.15, -0.1) is 10.2 Å². The van der Waals surface area contributed by atoms with Gasteiger partial charge in [-0.3, -0.25) is 9.20 Å². The lowest BCUT2D eigenvalue weighted by molar-refractivity contribution is -0.138. The number of halogens is 3. The van der Waals surface area contributed by atoms with Crippen LogP contribution in [0, 0.1) is 0 Å². The van der Waals surface area contributed by atoms with Crippen LogP contribution in [0.4, 0.5) is 13.2 Å². The Balaban J connectivity index is 1.66. The highest BCUT2D eigenvalue weighted by Crippen LogP contribution is 2.30. The van der Waals surface area contributed by atoms with Crippen LogP contribution in [-0.4, -0.2) is 32.6 Å². The van der Waals surface area contributed by atoms with Crippen molar-refractivity contribution in [3.63, 3.8) is 0 Å². The van der Waals surface area contributed by atoms with Crippen molar-refractivity contribution in [1.82, 2.24) is 25.2 Å². The highest BCUT2D eigenvalue weighted by Gasteiger charge is 2.38. The van der Waals surface area contributed by atoms with Crippen LogP contribution >= 0.6 is 0 Å². The molecule has 3 aromatic rings. The molecule has 2 aromatic heterocycles. The van der Waals surface area contributed by atoms with E-state index in [0.29, 0.717) is 24.9 Å². The summed E-state index contributed by atoms with van der Waals surface area (Å²) >= 11 is 0. The van der Waals surface area contributed by atoms with Crippen molar-refractivity contribution in [2.24, 2.45) is 0 Å². The van der Waals surface area contributed by atoms with Crippen molar-refractivity contribution in [1.29, 1.82) is 0 Å². The van der Waals surface area contributed by atoms with Crippen molar-refractivity contribution in [2.45, 2.75) is 50.4 Å². The van der Waals surface area contributed by atoms with Crippen LogP contribution in [0.15, 0.2) is 48.7 Å². The molecular weight excluding hydrogens is 407 g/mol. The van der Waals surface area contributed by atoms with Gasteiger partial charge in [0.05, 0.1) is 17.1 Å². The quantitative estimate of drug-likeness (QED) is 0.625. The average molecular weight is 431 g/mol. The van der Waals surface area contributed by atoms with Crippen LogP contribution in [0.5, 0.6) is 0 Å². The van der Waals surface area contributed by atoms with Gasteiger partial charge in [0, 0.05) is 6.20 Å². The maximum Gasteiger partial charge on any atom is 0.417 e. The van der Waals surface area contributed by atoms with E-state index in [1.165, 1.54) is 10.5 Å². The van der Waals surface area contributed by atoms with Gasteiger partial charge in [-0.2, -0.15) is 13.2 Å². The molecule has 1 amide bonds. The first-order valence-corrected chi connectivity index (χ1v) is 10.3. The summed E-state index contributed by atoms with van der Waals surface area (Å²) in [5.74, 6) is 0.0961. The number of alkyl halides is 3. The first-order chi connectivity index (χ1) is 14.8. The zero-order chi connectivity index (χ0) is 22.1. The van der Waals surface area contributed by atoms with Gasteiger partial charge in [0.1, 0.15) is 0 Å². The third-order valence-corrected chi connectivity index (χ3v) is 5.81. The van der Waals surface area contributed by atoms with E-state index in [1.807, 2.05) is 37.3 Å². The summed E-state index contributed by atoms with van der Waals surface area (Å²) in [6, 6.07) is 11.4. The van der Waals surface area contributed by atoms with E-state index in [9.17, 15) is 18.0 Å². The van der Waals surface area contributed by atoms with Gasteiger partial charge in [0.15, 0.2) is 11.5 Å². The molecule has 2 atom stereocenters. The number of aromatic nitrogens is 3. The molecule has 3 heterocycles. The fourth-order valence-electron chi connectivity index (χ4n) is 3.94. The summed E-state index contributed by atoms with van der Waals surface area (Å²) in [5.41, 5.74) is -0.134. The Bertz CT molecular complexity index is 1060. The van der Waals surface area contributed by atoms with E-state index in [1.54, 1.807) is 0 Å². The molecule has 6 nitrogen and oxygen atoms in total. The molecule has 2 N–H and O–H groups in total. The van der Waals surface area contributed by atoms with Crippen molar-refractivity contribution >= 4 is 11.6 Å². The van der Waals surface area contributed by atoms with Crippen LogP contribution in [-0.2, 0) is 17.4 Å². The molecule has 164 valence electrons. The third-order valence-electron chi connectivity index (χ3n) is 5.81. The third kappa shape index (κ3) is 4.56. The smallest absolute Gasteiger partial charge is 0.344 e. The predicted octanol–water partition coefficient (Wildman–Crippen LogP) is 3.68. The molecule has 4 rings (SSSR count). The number of rotatable bonds is 6. The first kappa shape index (κ1) is 21.3. The van der Waals surface area contributed by atoms with Crippen LogP contribution in [0.1, 0.15) is 49.2 Å². The van der Waals surface area contributed by atoms with Gasteiger partial charge in [-0.25, -0.2) is 0 Å². The van der Waals surface area contributed by atoms with Crippen LogP contribution in [0.2, 0.25) is 0 Å². The molecule has 1 saturated heterocycles. The number of hydrogen-bond donors (Lipinski definition) is 2. The van der Waals surface area contributed by atoms with Crippen LogP contribution in [0.3, 0.4) is 0 Å². The maximum atomic E-state index is 13.3. The lowest BCUT2D eigenvalue weighted by Gasteiger charge is -2.27. The van der Waals surface area contributed by atoms with E-state index in [2.05, 4.69) is 20.8 Å². The van der Waals surface area contributed by atoms with Crippen molar-refractivity contribution in [3.05, 3.63) is 65.6 Å². The number of aryl methyl sites for hydroxylation is 1. The molecule has 1 aromatic carbocycles. The number of hydrogen-bond acceptors (Lipinski definition) is 4. The second-order valence-corrected chi connectivity index (χ2v) is 8.11. The maximum absolute atomic E-state index is 13.3. The number of benzene rings is 1. The zero-order valence-corrected chi connectivity index (χ0v) is 17.1. The summed E-state index contributed by atoms with van der Waals surface area (Å²) in [5, 5.41) is 14.4. The molecule has 0 aliphatic carbocycles. The standard InChI is InChI=1S/C22H24F3N5O/c1-21(12-5-13-26-21)20(31)27-17(10-8-15-6-3-2-4-7-15)19-29-28-18-11-9-16(14-30(18)19)22(23,24)25/h2-4,6-7,9,11,14,17,26H,5,8,10,12-13H2,1H3,(H,27,31)/t17-,21?/m1/s1. The van der Waals surface area contributed by atoms with E-state index in [0.717, 1.165) is 30.8 Å².